The van der Waals surface area contributed by atoms with Crippen molar-refractivity contribution in [2.45, 2.75) is 25.6 Å². The van der Waals surface area contributed by atoms with E-state index in [4.69, 9.17) is 15.2 Å². The molecular formula is C19H21F3N2O3. The second-order valence-electron chi connectivity index (χ2n) is 5.86. The van der Waals surface area contributed by atoms with Crippen LogP contribution in [0.15, 0.2) is 36.4 Å². The highest BCUT2D eigenvalue weighted by Crippen LogP contribution is 2.32. The van der Waals surface area contributed by atoms with Crippen molar-refractivity contribution in [2.75, 3.05) is 19.5 Å². The Balaban J connectivity index is 2.06. The average Bonchev–Trinajstić information content (AvgIpc) is 2.65. The van der Waals surface area contributed by atoms with Gasteiger partial charge in [-0.05, 0) is 47.9 Å². The van der Waals surface area contributed by atoms with E-state index in [1.807, 2.05) is 0 Å². The minimum Gasteiger partial charge on any atom is -0.493 e. The van der Waals surface area contributed by atoms with Gasteiger partial charge in [0.25, 0.3) is 0 Å². The summed E-state index contributed by atoms with van der Waals surface area (Å²) in [5.41, 5.74) is 5.80. The summed E-state index contributed by atoms with van der Waals surface area (Å²) in [5.74, 6) is 0.719. The minimum atomic E-state index is -4.51. The number of hydrogen-bond acceptors (Lipinski definition) is 4. The Kier molecular flexibility index (Phi) is 6.68. The van der Waals surface area contributed by atoms with Gasteiger partial charge in [-0.1, -0.05) is 6.07 Å². The van der Waals surface area contributed by atoms with E-state index in [9.17, 15) is 18.0 Å². The highest BCUT2D eigenvalue weighted by Gasteiger charge is 2.31. The second-order valence-corrected chi connectivity index (χ2v) is 5.86. The molecule has 0 aromatic heterocycles. The van der Waals surface area contributed by atoms with E-state index >= 15 is 0 Å². The first-order valence-electron chi connectivity index (χ1n) is 8.18. The number of methoxy groups -OCH3 is 2. The van der Waals surface area contributed by atoms with Gasteiger partial charge in [0.05, 0.1) is 19.8 Å². The highest BCUT2D eigenvalue weighted by atomic mass is 19.4. The molecule has 0 bridgehead atoms. The summed E-state index contributed by atoms with van der Waals surface area (Å²) in [4.78, 5) is 12.1. The zero-order valence-electron chi connectivity index (χ0n) is 15.0. The lowest BCUT2D eigenvalue weighted by Gasteiger charge is -2.13. The molecule has 0 unspecified atom stereocenters. The number of hydrogen-bond donors (Lipinski definition) is 2. The van der Waals surface area contributed by atoms with Crippen LogP contribution < -0.4 is 20.5 Å². The molecule has 5 nitrogen and oxygen atoms in total. The van der Waals surface area contributed by atoms with Crippen molar-refractivity contribution < 1.29 is 27.4 Å². The van der Waals surface area contributed by atoms with Crippen LogP contribution in [0.25, 0.3) is 0 Å². The number of benzene rings is 2. The third kappa shape index (κ3) is 5.62. The number of rotatable bonds is 7. The van der Waals surface area contributed by atoms with Crippen molar-refractivity contribution in [3.63, 3.8) is 0 Å². The van der Waals surface area contributed by atoms with Crippen LogP contribution in [0.4, 0.5) is 18.9 Å². The van der Waals surface area contributed by atoms with Gasteiger partial charge < -0.3 is 20.5 Å². The summed E-state index contributed by atoms with van der Waals surface area (Å²) in [7, 11) is 3.03. The maximum absolute atomic E-state index is 12.9. The van der Waals surface area contributed by atoms with Crippen LogP contribution in [-0.4, -0.2) is 20.1 Å². The van der Waals surface area contributed by atoms with E-state index in [0.717, 1.165) is 17.7 Å². The molecule has 0 saturated heterocycles. The van der Waals surface area contributed by atoms with Gasteiger partial charge in [-0.15, -0.1) is 0 Å². The number of anilines is 1. The van der Waals surface area contributed by atoms with Crippen molar-refractivity contribution >= 4 is 11.6 Å². The number of alkyl halides is 3. The zero-order valence-corrected chi connectivity index (χ0v) is 15.0. The van der Waals surface area contributed by atoms with Crippen LogP contribution in [0.3, 0.4) is 0 Å². The molecule has 8 heteroatoms. The molecule has 2 aromatic rings. The Bertz CT molecular complexity index is 807. The lowest BCUT2D eigenvalue weighted by Crippen LogP contribution is -2.14. The quantitative estimate of drug-likeness (QED) is 0.765. The zero-order chi connectivity index (χ0) is 20.0. The van der Waals surface area contributed by atoms with E-state index in [0.29, 0.717) is 23.5 Å². The van der Waals surface area contributed by atoms with Gasteiger partial charge >= 0.3 is 6.18 Å². The van der Waals surface area contributed by atoms with Gasteiger partial charge in [-0.3, -0.25) is 4.79 Å². The third-order valence-electron chi connectivity index (χ3n) is 3.93. The van der Waals surface area contributed by atoms with Gasteiger partial charge in [0.15, 0.2) is 11.5 Å². The van der Waals surface area contributed by atoms with Crippen LogP contribution in [0.5, 0.6) is 11.5 Å². The SMILES string of the molecule is COc1ccc(CCC(=O)Nc2cc(CN)cc(C(F)(F)F)c2)cc1OC. The molecule has 0 atom stereocenters. The molecule has 0 fully saturated rings. The predicted molar refractivity (Wildman–Crippen MR) is 95.8 cm³/mol. The van der Waals surface area contributed by atoms with Crippen molar-refractivity contribution in [2.24, 2.45) is 5.73 Å². The normalized spacial score (nSPS) is 11.2. The number of nitrogens with one attached hydrogen (secondary N) is 1. The number of halogens is 3. The van der Waals surface area contributed by atoms with Gasteiger partial charge in [0.2, 0.25) is 5.91 Å². The van der Waals surface area contributed by atoms with Crippen LogP contribution >= 0.6 is 0 Å². The Morgan fingerprint density at radius 1 is 1.04 bits per heavy atom. The molecule has 146 valence electrons. The summed E-state index contributed by atoms with van der Waals surface area (Å²) in [6.07, 6.45) is -4.01. The summed E-state index contributed by atoms with van der Waals surface area (Å²) in [6, 6.07) is 8.58. The van der Waals surface area contributed by atoms with Crippen molar-refractivity contribution in [3.05, 3.63) is 53.1 Å². The van der Waals surface area contributed by atoms with E-state index in [1.165, 1.54) is 20.3 Å². The third-order valence-corrected chi connectivity index (χ3v) is 3.93. The smallest absolute Gasteiger partial charge is 0.416 e. The predicted octanol–water partition coefficient (Wildman–Crippen LogP) is 3.75. The fourth-order valence-electron chi connectivity index (χ4n) is 2.56. The van der Waals surface area contributed by atoms with Gasteiger partial charge in [-0.25, -0.2) is 0 Å². The van der Waals surface area contributed by atoms with Gasteiger partial charge in [-0.2, -0.15) is 13.2 Å². The number of carbonyl (C=O) groups is 1. The lowest BCUT2D eigenvalue weighted by atomic mass is 10.1. The van der Waals surface area contributed by atoms with Gasteiger partial charge in [0.1, 0.15) is 0 Å². The topological polar surface area (TPSA) is 73.6 Å². The minimum absolute atomic E-state index is 0.0571. The number of amides is 1. The Labute approximate surface area is 155 Å². The molecule has 2 aromatic carbocycles. The summed E-state index contributed by atoms with van der Waals surface area (Å²) in [5, 5.41) is 2.50. The fourth-order valence-corrected chi connectivity index (χ4v) is 2.56. The Morgan fingerprint density at radius 2 is 1.74 bits per heavy atom. The molecule has 27 heavy (non-hydrogen) atoms. The van der Waals surface area contributed by atoms with E-state index in [2.05, 4.69) is 5.32 Å². The van der Waals surface area contributed by atoms with E-state index in [-0.39, 0.29) is 18.7 Å². The Morgan fingerprint density at radius 3 is 2.33 bits per heavy atom. The maximum Gasteiger partial charge on any atom is 0.416 e. The first kappa shape index (κ1) is 20.6. The maximum atomic E-state index is 12.9. The lowest BCUT2D eigenvalue weighted by molar-refractivity contribution is -0.137. The molecule has 3 N–H and O–H groups in total. The molecule has 0 heterocycles. The summed E-state index contributed by atoms with van der Waals surface area (Å²) >= 11 is 0. The molecular weight excluding hydrogens is 361 g/mol. The van der Waals surface area contributed by atoms with Crippen molar-refractivity contribution in [1.29, 1.82) is 0 Å². The van der Waals surface area contributed by atoms with Crippen LogP contribution in [0.1, 0.15) is 23.1 Å². The molecule has 0 aliphatic heterocycles. The first-order chi connectivity index (χ1) is 12.8. The number of carbonyl (C=O) groups excluding carboxylic acids is 1. The number of aryl methyl sites for hydroxylation is 1. The standard InChI is InChI=1S/C19H21F3N2O3/c1-26-16-5-3-12(9-17(16)27-2)4-6-18(25)24-15-8-13(11-23)7-14(10-15)19(20,21)22/h3,5,7-10H,4,6,11,23H2,1-2H3,(H,24,25). The van der Waals surface area contributed by atoms with E-state index in [1.54, 1.807) is 18.2 Å². The molecule has 1 amide bonds. The molecule has 0 radical (unpaired) electrons. The molecule has 0 aliphatic carbocycles. The first-order valence-corrected chi connectivity index (χ1v) is 8.18. The highest BCUT2D eigenvalue weighted by molar-refractivity contribution is 5.91. The van der Waals surface area contributed by atoms with Crippen LogP contribution in [0.2, 0.25) is 0 Å². The number of nitrogens with two attached hydrogens (primary N) is 1. The van der Waals surface area contributed by atoms with Crippen LogP contribution in [-0.2, 0) is 23.9 Å². The van der Waals surface area contributed by atoms with E-state index < -0.39 is 17.6 Å². The molecule has 0 spiro atoms. The molecule has 0 aliphatic rings. The average molecular weight is 382 g/mol. The number of ether oxygens (including phenoxy) is 2. The molecule has 2 rings (SSSR count). The second kappa shape index (κ2) is 8.77. The van der Waals surface area contributed by atoms with Crippen LogP contribution in [0, 0.1) is 0 Å². The van der Waals surface area contributed by atoms with Crippen molar-refractivity contribution in [3.8, 4) is 11.5 Å². The Hall–Kier alpha value is -2.74. The molecule has 0 saturated carbocycles. The summed E-state index contributed by atoms with van der Waals surface area (Å²) in [6.45, 7) is -0.0571. The summed E-state index contributed by atoms with van der Waals surface area (Å²) < 4.78 is 49.2. The largest absolute Gasteiger partial charge is 0.493 e. The fraction of sp³-hybridized carbons (Fsp3) is 0.316. The van der Waals surface area contributed by atoms with Gasteiger partial charge in [0, 0.05) is 18.7 Å². The van der Waals surface area contributed by atoms with Crippen molar-refractivity contribution in [1.82, 2.24) is 0 Å². The monoisotopic (exact) mass is 382 g/mol.